The lowest BCUT2D eigenvalue weighted by molar-refractivity contribution is 0.0962. The second-order valence-electron chi connectivity index (χ2n) is 6.68. The second-order valence-corrected chi connectivity index (χ2v) is 6.68. The molecule has 0 radical (unpaired) electrons. The highest BCUT2D eigenvalue weighted by Crippen LogP contribution is 2.37. The van der Waals surface area contributed by atoms with Gasteiger partial charge in [0.1, 0.15) is 5.82 Å². The zero-order chi connectivity index (χ0) is 20.0. The van der Waals surface area contributed by atoms with Crippen molar-refractivity contribution in [3.05, 3.63) is 58.5 Å². The fraction of sp³-hybridized carbons (Fsp3) is 0.211. The van der Waals surface area contributed by atoms with Crippen LogP contribution in [0.5, 0.6) is 0 Å². The molecule has 28 heavy (non-hydrogen) atoms. The Labute approximate surface area is 158 Å². The van der Waals surface area contributed by atoms with E-state index in [1.165, 1.54) is 12.1 Å². The van der Waals surface area contributed by atoms with Crippen LogP contribution in [0.3, 0.4) is 0 Å². The predicted octanol–water partition coefficient (Wildman–Crippen LogP) is 2.60. The van der Waals surface area contributed by atoms with Crippen molar-refractivity contribution in [1.29, 1.82) is 0 Å². The zero-order valence-corrected chi connectivity index (χ0v) is 14.9. The highest BCUT2D eigenvalue weighted by molar-refractivity contribution is 6.00. The Bertz CT molecular complexity index is 1120. The number of anilines is 2. The van der Waals surface area contributed by atoms with Crippen molar-refractivity contribution in [3.8, 4) is 11.4 Å². The summed E-state index contributed by atoms with van der Waals surface area (Å²) in [5.41, 5.74) is 13.9. The van der Waals surface area contributed by atoms with Gasteiger partial charge in [-0.15, -0.1) is 0 Å². The summed E-state index contributed by atoms with van der Waals surface area (Å²) >= 11 is 0. The number of aromatic nitrogens is 4. The van der Waals surface area contributed by atoms with Crippen LogP contribution in [0.1, 0.15) is 39.6 Å². The molecule has 142 valence electrons. The van der Waals surface area contributed by atoms with Crippen LogP contribution in [0.25, 0.3) is 11.4 Å². The monoisotopic (exact) mass is 382 g/mol. The summed E-state index contributed by atoms with van der Waals surface area (Å²) in [6, 6.07) is 4.13. The van der Waals surface area contributed by atoms with Gasteiger partial charge in [0.05, 0.1) is 23.1 Å². The molecule has 4 N–H and O–H groups in total. The quantitative estimate of drug-likeness (QED) is 0.699. The maximum atomic E-state index is 13.9. The third-order valence-electron chi connectivity index (χ3n) is 4.80. The summed E-state index contributed by atoms with van der Waals surface area (Å²) in [5.74, 6) is -1.82. The van der Waals surface area contributed by atoms with E-state index in [0.29, 0.717) is 34.5 Å². The Morgan fingerprint density at radius 2 is 1.89 bits per heavy atom. The van der Waals surface area contributed by atoms with Crippen LogP contribution in [0.15, 0.2) is 24.4 Å². The van der Waals surface area contributed by atoms with Gasteiger partial charge >= 0.3 is 0 Å². The van der Waals surface area contributed by atoms with Gasteiger partial charge in [-0.25, -0.2) is 28.7 Å². The van der Waals surface area contributed by atoms with Gasteiger partial charge < -0.3 is 11.5 Å². The number of nitrogens with zero attached hydrogens (tertiary/aromatic N) is 4. The van der Waals surface area contributed by atoms with Gasteiger partial charge in [0, 0.05) is 12.0 Å². The average Bonchev–Trinajstić information content (AvgIpc) is 2.63. The number of ketones is 1. The largest absolute Gasteiger partial charge is 0.381 e. The minimum atomic E-state index is -0.758. The van der Waals surface area contributed by atoms with Crippen molar-refractivity contribution >= 4 is 17.5 Å². The van der Waals surface area contributed by atoms with E-state index in [4.69, 9.17) is 11.5 Å². The van der Waals surface area contributed by atoms with Gasteiger partial charge in [0.25, 0.3) is 0 Å². The standard InChI is InChI=1S/C19H16F2N6O/c1-8-16-14(26-19(23)25-8)4-9(5-15(16)28)11-3-2-10(20)6-12(11)18-24-7-13(21)17(22)27-18/h2-3,6-7,9H,4-5H2,1H3,(H2,22,24,27)(H2,23,25,26). The second kappa shape index (κ2) is 6.59. The summed E-state index contributed by atoms with van der Waals surface area (Å²) in [4.78, 5) is 28.9. The van der Waals surface area contributed by atoms with Crippen LogP contribution in [0.4, 0.5) is 20.5 Å². The number of aryl methyl sites for hydroxylation is 1. The third kappa shape index (κ3) is 3.04. The van der Waals surface area contributed by atoms with Gasteiger partial charge in [-0.05, 0) is 37.0 Å². The SMILES string of the molecule is Cc1nc(N)nc2c1C(=O)CC(c1ccc(F)cc1-c1ncc(F)c(N)n1)C2. The molecule has 0 fully saturated rings. The molecule has 1 aliphatic carbocycles. The normalized spacial score (nSPS) is 16.1. The molecule has 1 aliphatic rings. The number of fused-ring (bicyclic) bond motifs is 1. The molecule has 0 amide bonds. The van der Waals surface area contributed by atoms with E-state index in [9.17, 15) is 13.6 Å². The fourth-order valence-corrected chi connectivity index (χ4v) is 3.61. The summed E-state index contributed by atoms with van der Waals surface area (Å²) in [5, 5.41) is 0. The smallest absolute Gasteiger partial charge is 0.220 e. The third-order valence-corrected chi connectivity index (χ3v) is 4.80. The summed E-state index contributed by atoms with van der Waals surface area (Å²) in [6.45, 7) is 1.72. The molecule has 2 heterocycles. The van der Waals surface area contributed by atoms with Crippen LogP contribution in [-0.2, 0) is 6.42 Å². The molecular formula is C19H16F2N6O. The van der Waals surface area contributed by atoms with Gasteiger partial charge in [0.15, 0.2) is 23.2 Å². The Morgan fingerprint density at radius 1 is 1.11 bits per heavy atom. The van der Waals surface area contributed by atoms with Gasteiger partial charge in [0.2, 0.25) is 5.95 Å². The average molecular weight is 382 g/mol. The number of hydrogen-bond donors (Lipinski definition) is 2. The van der Waals surface area contributed by atoms with E-state index in [2.05, 4.69) is 19.9 Å². The first-order valence-corrected chi connectivity index (χ1v) is 8.57. The Morgan fingerprint density at radius 3 is 2.64 bits per heavy atom. The highest BCUT2D eigenvalue weighted by Gasteiger charge is 2.31. The zero-order valence-electron chi connectivity index (χ0n) is 14.9. The van der Waals surface area contributed by atoms with Crippen LogP contribution in [-0.4, -0.2) is 25.7 Å². The number of nitrogens with two attached hydrogens (primary N) is 2. The molecule has 1 aromatic carbocycles. The summed E-state index contributed by atoms with van der Waals surface area (Å²) < 4.78 is 27.4. The predicted molar refractivity (Wildman–Crippen MR) is 98.4 cm³/mol. The van der Waals surface area contributed by atoms with E-state index < -0.39 is 11.6 Å². The lowest BCUT2D eigenvalue weighted by Crippen LogP contribution is -2.23. The Hall–Kier alpha value is -3.49. The van der Waals surface area contributed by atoms with Crippen LogP contribution in [0.2, 0.25) is 0 Å². The van der Waals surface area contributed by atoms with E-state index in [0.717, 1.165) is 6.20 Å². The Kier molecular flexibility index (Phi) is 4.21. The molecule has 7 nitrogen and oxygen atoms in total. The first kappa shape index (κ1) is 17.9. The molecule has 0 spiro atoms. The summed E-state index contributed by atoms with van der Waals surface area (Å²) in [7, 11) is 0. The van der Waals surface area contributed by atoms with Crippen LogP contribution < -0.4 is 11.5 Å². The topological polar surface area (TPSA) is 121 Å². The minimum absolute atomic E-state index is 0.0880. The van der Waals surface area contributed by atoms with Gasteiger partial charge in [-0.1, -0.05) is 6.07 Å². The first-order valence-electron chi connectivity index (χ1n) is 8.57. The molecule has 1 unspecified atom stereocenters. The van der Waals surface area contributed by atoms with E-state index in [1.54, 1.807) is 13.0 Å². The number of carbonyl (C=O) groups is 1. The molecule has 4 rings (SSSR count). The molecule has 1 atom stereocenters. The number of Topliss-reactive ketones (excluding diaryl/α,β-unsaturated/α-hetero) is 1. The van der Waals surface area contributed by atoms with Crippen molar-refractivity contribution in [2.75, 3.05) is 11.5 Å². The van der Waals surface area contributed by atoms with Crippen molar-refractivity contribution in [3.63, 3.8) is 0 Å². The van der Waals surface area contributed by atoms with Crippen LogP contribution >= 0.6 is 0 Å². The number of benzene rings is 1. The number of nitrogen functional groups attached to an aromatic ring is 2. The first-order chi connectivity index (χ1) is 13.3. The number of halogens is 2. The van der Waals surface area contributed by atoms with Gasteiger partial charge in [-0.2, -0.15) is 0 Å². The molecule has 0 saturated heterocycles. The molecular weight excluding hydrogens is 366 g/mol. The van der Waals surface area contributed by atoms with Crippen LogP contribution in [0, 0.1) is 18.6 Å². The van der Waals surface area contributed by atoms with Gasteiger partial charge in [-0.3, -0.25) is 4.79 Å². The van der Waals surface area contributed by atoms with Crippen molar-refractivity contribution < 1.29 is 13.6 Å². The highest BCUT2D eigenvalue weighted by atomic mass is 19.1. The van der Waals surface area contributed by atoms with Crippen molar-refractivity contribution in [2.24, 2.45) is 0 Å². The Balaban J connectivity index is 1.82. The fourth-order valence-electron chi connectivity index (χ4n) is 3.61. The van der Waals surface area contributed by atoms with E-state index >= 15 is 0 Å². The molecule has 9 heteroatoms. The lowest BCUT2D eigenvalue weighted by Gasteiger charge is -2.25. The number of rotatable bonds is 2. The maximum Gasteiger partial charge on any atom is 0.220 e. The molecule has 3 aromatic rings. The number of carbonyl (C=O) groups excluding carboxylic acids is 1. The van der Waals surface area contributed by atoms with E-state index in [1.807, 2.05) is 0 Å². The summed E-state index contributed by atoms with van der Waals surface area (Å²) in [6.07, 6.45) is 1.55. The van der Waals surface area contributed by atoms with E-state index in [-0.39, 0.29) is 35.7 Å². The minimum Gasteiger partial charge on any atom is -0.381 e. The lowest BCUT2D eigenvalue weighted by atomic mass is 9.79. The molecule has 0 bridgehead atoms. The van der Waals surface area contributed by atoms with Crippen molar-refractivity contribution in [1.82, 2.24) is 19.9 Å². The molecule has 0 aliphatic heterocycles. The number of hydrogen-bond acceptors (Lipinski definition) is 7. The maximum absolute atomic E-state index is 13.9. The molecule has 2 aromatic heterocycles. The van der Waals surface area contributed by atoms with Crippen molar-refractivity contribution in [2.45, 2.75) is 25.7 Å². The molecule has 0 saturated carbocycles.